The van der Waals surface area contributed by atoms with Gasteiger partial charge in [-0.2, -0.15) is 5.10 Å². The number of nitrogens with zero attached hydrogens (tertiary/aromatic N) is 3. The van der Waals surface area contributed by atoms with Gasteiger partial charge in [0.25, 0.3) is 0 Å². The number of ketones is 1. The number of hydrogen-bond donors (Lipinski definition) is 0. The molecule has 0 saturated carbocycles. The smallest absolute Gasteiger partial charge is 0.139 e. The molecule has 2 rings (SSSR count). The monoisotopic (exact) mass is 335 g/mol. The number of aromatic nitrogens is 3. The normalized spacial score (nSPS) is 10.8. The minimum absolute atomic E-state index is 0.210. The SMILES string of the molecule is CCc1nn(C)c(CC(=O)CCc2ccccn2)c1Br. The fraction of sp³-hybridized carbons (Fsp3) is 0.400. The molecule has 0 saturated heterocycles. The van der Waals surface area contributed by atoms with Gasteiger partial charge in [0.15, 0.2) is 0 Å². The van der Waals surface area contributed by atoms with E-state index in [1.165, 1.54) is 0 Å². The van der Waals surface area contributed by atoms with Gasteiger partial charge in [0.05, 0.1) is 15.9 Å². The molecule has 5 heteroatoms. The number of carbonyl (C=O) groups excluding carboxylic acids is 1. The molecule has 0 radical (unpaired) electrons. The maximum Gasteiger partial charge on any atom is 0.139 e. The van der Waals surface area contributed by atoms with Crippen LogP contribution in [0.3, 0.4) is 0 Å². The highest BCUT2D eigenvalue weighted by Gasteiger charge is 2.15. The lowest BCUT2D eigenvalue weighted by molar-refractivity contribution is -0.118. The first-order valence-corrected chi connectivity index (χ1v) is 7.53. The zero-order valence-corrected chi connectivity index (χ0v) is 13.4. The molecule has 0 unspecified atom stereocenters. The summed E-state index contributed by atoms with van der Waals surface area (Å²) in [5.74, 6) is 0.210. The van der Waals surface area contributed by atoms with Crippen molar-refractivity contribution in [3.05, 3.63) is 46.0 Å². The van der Waals surface area contributed by atoms with E-state index in [0.29, 0.717) is 19.3 Å². The molecule has 2 aromatic heterocycles. The number of rotatable bonds is 6. The van der Waals surface area contributed by atoms with Crippen LogP contribution in [0.5, 0.6) is 0 Å². The van der Waals surface area contributed by atoms with Crippen molar-refractivity contribution in [1.29, 1.82) is 0 Å². The van der Waals surface area contributed by atoms with E-state index >= 15 is 0 Å². The molecule has 0 amide bonds. The van der Waals surface area contributed by atoms with Crippen molar-refractivity contribution in [2.75, 3.05) is 0 Å². The summed E-state index contributed by atoms with van der Waals surface area (Å²) in [7, 11) is 1.88. The molecular formula is C15H18BrN3O. The van der Waals surface area contributed by atoms with Crippen molar-refractivity contribution in [2.24, 2.45) is 7.05 Å². The van der Waals surface area contributed by atoms with Crippen LogP contribution in [-0.4, -0.2) is 20.5 Å². The van der Waals surface area contributed by atoms with Gasteiger partial charge in [-0.3, -0.25) is 14.5 Å². The van der Waals surface area contributed by atoms with Crippen LogP contribution in [0, 0.1) is 0 Å². The van der Waals surface area contributed by atoms with Gasteiger partial charge in [0.2, 0.25) is 0 Å². The van der Waals surface area contributed by atoms with Gasteiger partial charge < -0.3 is 0 Å². The summed E-state index contributed by atoms with van der Waals surface area (Å²) in [5, 5.41) is 4.41. The highest BCUT2D eigenvalue weighted by atomic mass is 79.9. The van der Waals surface area contributed by atoms with Crippen molar-refractivity contribution in [1.82, 2.24) is 14.8 Å². The summed E-state index contributed by atoms with van der Waals surface area (Å²) in [4.78, 5) is 16.3. The fourth-order valence-corrected chi connectivity index (χ4v) is 2.86. The molecule has 106 valence electrons. The highest BCUT2D eigenvalue weighted by molar-refractivity contribution is 9.10. The van der Waals surface area contributed by atoms with Gasteiger partial charge in [0.1, 0.15) is 5.78 Å². The number of hydrogen-bond acceptors (Lipinski definition) is 3. The van der Waals surface area contributed by atoms with Gasteiger partial charge in [-0.05, 0) is 40.9 Å². The van der Waals surface area contributed by atoms with E-state index in [2.05, 4.69) is 32.9 Å². The Labute approximate surface area is 127 Å². The zero-order chi connectivity index (χ0) is 14.5. The van der Waals surface area contributed by atoms with Crippen LogP contribution in [0.1, 0.15) is 30.4 Å². The summed E-state index contributed by atoms with van der Waals surface area (Å²) in [6.45, 7) is 2.06. The Balaban J connectivity index is 1.97. The lowest BCUT2D eigenvalue weighted by Crippen LogP contribution is -2.09. The average Bonchev–Trinajstić information content (AvgIpc) is 2.73. The van der Waals surface area contributed by atoms with Crippen LogP contribution < -0.4 is 0 Å². The van der Waals surface area contributed by atoms with Crippen molar-refractivity contribution in [3.63, 3.8) is 0 Å². The predicted octanol–water partition coefficient (Wildman–Crippen LogP) is 2.88. The van der Waals surface area contributed by atoms with E-state index in [-0.39, 0.29) is 5.78 Å². The van der Waals surface area contributed by atoms with Crippen LogP contribution in [0.2, 0.25) is 0 Å². The van der Waals surface area contributed by atoms with Crippen molar-refractivity contribution < 1.29 is 4.79 Å². The molecule has 2 aromatic rings. The van der Waals surface area contributed by atoms with Crippen molar-refractivity contribution in [3.8, 4) is 0 Å². The molecule has 0 bridgehead atoms. The summed E-state index contributed by atoms with van der Waals surface area (Å²) in [6, 6.07) is 5.77. The second-order valence-electron chi connectivity index (χ2n) is 4.72. The first-order valence-electron chi connectivity index (χ1n) is 6.73. The van der Waals surface area contributed by atoms with Gasteiger partial charge in [-0.25, -0.2) is 0 Å². The Morgan fingerprint density at radius 2 is 2.20 bits per heavy atom. The standard InChI is InChI=1S/C15H18BrN3O/c1-3-13-15(16)14(19(2)18-13)10-12(20)8-7-11-6-4-5-9-17-11/h4-6,9H,3,7-8,10H2,1-2H3. The maximum atomic E-state index is 12.1. The van der Waals surface area contributed by atoms with Crippen LogP contribution in [0.4, 0.5) is 0 Å². The van der Waals surface area contributed by atoms with Crippen LogP contribution in [0.15, 0.2) is 28.9 Å². The molecule has 0 spiro atoms. The van der Waals surface area contributed by atoms with Gasteiger partial charge in [-0.15, -0.1) is 0 Å². The third-order valence-electron chi connectivity index (χ3n) is 3.25. The van der Waals surface area contributed by atoms with Crippen molar-refractivity contribution in [2.45, 2.75) is 32.6 Å². The van der Waals surface area contributed by atoms with Crippen LogP contribution in [-0.2, 0) is 31.1 Å². The number of pyridine rings is 1. The highest BCUT2D eigenvalue weighted by Crippen LogP contribution is 2.22. The zero-order valence-electron chi connectivity index (χ0n) is 11.8. The molecule has 0 aliphatic heterocycles. The molecule has 2 heterocycles. The summed E-state index contributed by atoms with van der Waals surface area (Å²) < 4.78 is 2.76. The Morgan fingerprint density at radius 3 is 2.80 bits per heavy atom. The quantitative estimate of drug-likeness (QED) is 0.815. The van der Waals surface area contributed by atoms with Gasteiger partial charge in [-0.1, -0.05) is 13.0 Å². The number of aryl methyl sites for hydroxylation is 3. The largest absolute Gasteiger partial charge is 0.299 e. The first-order chi connectivity index (χ1) is 9.61. The minimum atomic E-state index is 0.210. The summed E-state index contributed by atoms with van der Waals surface area (Å²) in [6.07, 6.45) is 4.23. The first kappa shape index (κ1) is 14.9. The molecule has 0 aliphatic carbocycles. The van der Waals surface area contributed by atoms with Gasteiger partial charge in [0, 0.05) is 31.8 Å². The Kier molecular flexibility index (Phi) is 5.06. The summed E-state index contributed by atoms with van der Waals surface area (Å²) in [5.41, 5.74) is 2.91. The van der Waals surface area contributed by atoms with E-state index in [1.54, 1.807) is 10.9 Å². The molecule has 20 heavy (non-hydrogen) atoms. The molecule has 0 N–H and O–H groups in total. The van der Waals surface area contributed by atoms with Crippen molar-refractivity contribution >= 4 is 21.7 Å². The molecule has 0 aromatic carbocycles. The Hall–Kier alpha value is -1.49. The second-order valence-corrected chi connectivity index (χ2v) is 5.51. The third-order valence-corrected chi connectivity index (χ3v) is 4.17. The van der Waals surface area contributed by atoms with Crippen LogP contribution >= 0.6 is 15.9 Å². The number of Topliss-reactive ketones (excluding diaryl/α,β-unsaturated/α-hetero) is 1. The van der Waals surface area contributed by atoms with E-state index in [1.807, 2.05) is 25.2 Å². The Morgan fingerprint density at radius 1 is 1.40 bits per heavy atom. The Bertz CT molecular complexity index is 593. The summed E-state index contributed by atoms with van der Waals surface area (Å²) >= 11 is 3.54. The predicted molar refractivity (Wildman–Crippen MR) is 81.6 cm³/mol. The lowest BCUT2D eigenvalue weighted by atomic mass is 10.1. The van der Waals surface area contributed by atoms with E-state index in [4.69, 9.17) is 0 Å². The maximum absolute atomic E-state index is 12.1. The van der Waals surface area contributed by atoms with E-state index < -0.39 is 0 Å². The molecule has 4 nitrogen and oxygen atoms in total. The number of carbonyl (C=O) groups is 1. The lowest BCUT2D eigenvalue weighted by Gasteiger charge is -2.03. The van der Waals surface area contributed by atoms with Crippen LogP contribution in [0.25, 0.3) is 0 Å². The molecule has 0 aliphatic rings. The van der Waals surface area contributed by atoms with Gasteiger partial charge >= 0.3 is 0 Å². The number of halogens is 1. The second kappa shape index (κ2) is 6.79. The van der Waals surface area contributed by atoms with E-state index in [0.717, 1.165) is 28.0 Å². The van der Waals surface area contributed by atoms with E-state index in [9.17, 15) is 4.79 Å². The minimum Gasteiger partial charge on any atom is -0.299 e. The average molecular weight is 336 g/mol. The third kappa shape index (κ3) is 3.54. The molecule has 0 fully saturated rings. The fourth-order valence-electron chi connectivity index (χ4n) is 2.10. The molecule has 0 atom stereocenters. The topological polar surface area (TPSA) is 47.8 Å². The molecular weight excluding hydrogens is 318 g/mol.